The lowest BCUT2D eigenvalue weighted by atomic mass is 10.1. The fourth-order valence-electron chi connectivity index (χ4n) is 1.79. The van der Waals surface area contributed by atoms with Gasteiger partial charge in [0.2, 0.25) is 5.91 Å². The van der Waals surface area contributed by atoms with E-state index in [0.29, 0.717) is 0 Å². The molecule has 5 heteroatoms. The average Bonchev–Trinajstić information content (AvgIpc) is 2.46. The third-order valence-corrected chi connectivity index (χ3v) is 2.60. The number of carbonyl (C=O) groups is 1. The van der Waals surface area contributed by atoms with Gasteiger partial charge in [0, 0.05) is 7.05 Å². The average molecular weight is 208 g/mol. The van der Waals surface area contributed by atoms with E-state index in [1.807, 2.05) is 14.0 Å². The summed E-state index contributed by atoms with van der Waals surface area (Å²) >= 11 is 0. The molecule has 0 spiro atoms. The van der Waals surface area contributed by atoms with Crippen LogP contribution in [0.25, 0.3) is 0 Å². The van der Waals surface area contributed by atoms with Crippen molar-refractivity contribution in [2.45, 2.75) is 32.7 Å². The standard InChI is InChI=1S/C10H16N4O/c1-4-5-7-8-9(14(3)13-7)11-6(2)10(15)12-8/h6,11H,4-5H2,1-3H3,(H,12,15). The number of nitrogens with one attached hydrogen (secondary N) is 2. The summed E-state index contributed by atoms with van der Waals surface area (Å²) in [4.78, 5) is 11.5. The number of carbonyl (C=O) groups excluding carboxylic acids is 1. The summed E-state index contributed by atoms with van der Waals surface area (Å²) in [7, 11) is 1.88. The van der Waals surface area contributed by atoms with Gasteiger partial charge >= 0.3 is 0 Å². The van der Waals surface area contributed by atoms with E-state index in [9.17, 15) is 4.79 Å². The fourth-order valence-corrected chi connectivity index (χ4v) is 1.79. The van der Waals surface area contributed by atoms with Crippen molar-refractivity contribution in [2.24, 2.45) is 7.05 Å². The number of fused-ring (bicyclic) bond motifs is 1. The second-order valence-corrected chi connectivity index (χ2v) is 3.90. The first kappa shape index (κ1) is 10.0. The molecule has 15 heavy (non-hydrogen) atoms. The van der Waals surface area contributed by atoms with Gasteiger partial charge in [-0.15, -0.1) is 0 Å². The number of hydrogen-bond acceptors (Lipinski definition) is 3. The normalized spacial score (nSPS) is 19.4. The molecule has 82 valence electrons. The topological polar surface area (TPSA) is 59.0 Å². The molecule has 0 bridgehead atoms. The first-order valence-electron chi connectivity index (χ1n) is 5.26. The van der Waals surface area contributed by atoms with E-state index in [2.05, 4.69) is 22.7 Å². The Hall–Kier alpha value is -1.52. The molecule has 1 aromatic rings. The van der Waals surface area contributed by atoms with E-state index in [4.69, 9.17) is 0 Å². The first-order valence-corrected chi connectivity index (χ1v) is 5.26. The molecule has 2 rings (SSSR count). The highest BCUT2D eigenvalue weighted by Crippen LogP contribution is 2.30. The molecular formula is C10H16N4O. The van der Waals surface area contributed by atoms with E-state index < -0.39 is 0 Å². The summed E-state index contributed by atoms with van der Waals surface area (Å²) in [5, 5.41) is 10.4. The largest absolute Gasteiger partial charge is 0.357 e. The molecule has 1 atom stereocenters. The van der Waals surface area contributed by atoms with E-state index in [1.165, 1.54) is 0 Å². The first-order chi connectivity index (χ1) is 7.13. The monoisotopic (exact) mass is 208 g/mol. The summed E-state index contributed by atoms with van der Waals surface area (Å²) in [5.74, 6) is 0.915. The van der Waals surface area contributed by atoms with Gasteiger partial charge in [0.15, 0.2) is 0 Å². The molecule has 0 fully saturated rings. The van der Waals surface area contributed by atoms with Crippen molar-refractivity contribution in [2.75, 3.05) is 10.6 Å². The highest BCUT2D eigenvalue weighted by molar-refractivity contribution is 6.02. The second-order valence-electron chi connectivity index (χ2n) is 3.90. The van der Waals surface area contributed by atoms with Crippen LogP contribution in [0.5, 0.6) is 0 Å². The lowest BCUT2D eigenvalue weighted by molar-refractivity contribution is -0.116. The van der Waals surface area contributed by atoms with Gasteiger partial charge < -0.3 is 10.6 Å². The van der Waals surface area contributed by atoms with Gasteiger partial charge in [-0.2, -0.15) is 5.10 Å². The third-order valence-electron chi connectivity index (χ3n) is 2.60. The van der Waals surface area contributed by atoms with Gasteiger partial charge in [-0.25, -0.2) is 0 Å². The van der Waals surface area contributed by atoms with Gasteiger partial charge in [-0.05, 0) is 13.3 Å². The molecule has 0 aromatic carbocycles. The molecule has 0 saturated carbocycles. The zero-order valence-corrected chi connectivity index (χ0v) is 9.29. The quantitative estimate of drug-likeness (QED) is 0.765. The molecule has 1 amide bonds. The summed E-state index contributed by atoms with van der Waals surface area (Å²) < 4.78 is 1.79. The number of aryl methyl sites for hydroxylation is 2. The molecule has 2 N–H and O–H groups in total. The summed E-state index contributed by atoms with van der Waals surface area (Å²) in [6.45, 7) is 3.94. The molecule has 1 aliphatic rings. The number of aromatic nitrogens is 2. The van der Waals surface area contributed by atoms with Crippen molar-refractivity contribution in [1.82, 2.24) is 9.78 Å². The van der Waals surface area contributed by atoms with Crippen LogP contribution in [0.1, 0.15) is 26.0 Å². The van der Waals surface area contributed by atoms with Crippen molar-refractivity contribution in [1.29, 1.82) is 0 Å². The number of amides is 1. The van der Waals surface area contributed by atoms with Gasteiger partial charge in [-0.3, -0.25) is 9.48 Å². The van der Waals surface area contributed by atoms with Gasteiger partial charge in [0.05, 0.1) is 5.69 Å². The van der Waals surface area contributed by atoms with Crippen molar-refractivity contribution in [3.8, 4) is 0 Å². The Kier molecular flexibility index (Phi) is 2.38. The minimum atomic E-state index is -0.192. The van der Waals surface area contributed by atoms with Crippen LogP contribution in [-0.2, 0) is 18.3 Å². The molecule has 2 heterocycles. The maximum absolute atomic E-state index is 11.5. The number of hydrogen-bond donors (Lipinski definition) is 2. The molecule has 1 aromatic heterocycles. The molecule has 0 saturated heterocycles. The second kappa shape index (κ2) is 3.56. The number of rotatable bonds is 2. The SMILES string of the molecule is CCCc1nn(C)c2c1NC(=O)C(C)N2. The number of nitrogens with zero attached hydrogens (tertiary/aromatic N) is 2. The van der Waals surface area contributed by atoms with E-state index in [0.717, 1.165) is 30.0 Å². The third kappa shape index (κ3) is 1.58. The smallest absolute Gasteiger partial charge is 0.246 e. The maximum atomic E-state index is 11.5. The van der Waals surface area contributed by atoms with Crippen LogP contribution in [0, 0.1) is 0 Å². The van der Waals surface area contributed by atoms with E-state index in [-0.39, 0.29) is 11.9 Å². The zero-order valence-electron chi connectivity index (χ0n) is 9.29. The maximum Gasteiger partial charge on any atom is 0.246 e. The Bertz CT molecular complexity index is 396. The van der Waals surface area contributed by atoms with Crippen LogP contribution in [0.15, 0.2) is 0 Å². The van der Waals surface area contributed by atoms with Crippen LogP contribution < -0.4 is 10.6 Å². The Morgan fingerprint density at radius 2 is 2.27 bits per heavy atom. The van der Waals surface area contributed by atoms with Crippen LogP contribution in [0.3, 0.4) is 0 Å². The van der Waals surface area contributed by atoms with Gasteiger partial charge in [-0.1, -0.05) is 13.3 Å². The molecule has 1 aliphatic heterocycles. The van der Waals surface area contributed by atoms with Crippen LogP contribution in [0.2, 0.25) is 0 Å². The molecular weight excluding hydrogens is 192 g/mol. The van der Waals surface area contributed by atoms with Crippen molar-refractivity contribution in [3.63, 3.8) is 0 Å². The summed E-state index contributed by atoms with van der Waals surface area (Å²) in [6, 6.07) is -0.192. The highest BCUT2D eigenvalue weighted by atomic mass is 16.2. The Labute approximate surface area is 88.8 Å². The van der Waals surface area contributed by atoms with E-state index in [1.54, 1.807) is 4.68 Å². The van der Waals surface area contributed by atoms with E-state index >= 15 is 0 Å². The van der Waals surface area contributed by atoms with Crippen LogP contribution in [0.4, 0.5) is 11.5 Å². The summed E-state index contributed by atoms with van der Waals surface area (Å²) in [5.41, 5.74) is 1.81. The van der Waals surface area contributed by atoms with Crippen molar-refractivity contribution >= 4 is 17.4 Å². The minimum Gasteiger partial charge on any atom is -0.357 e. The predicted molar refractivity (Wildman–Crippen MR) is 58.9 cm³/mol. The highest BCUT2D eigenvalue weighted by Gasteiger charge is 2.27. The molecule has 0 radical (unpaired) electrons. The number of anilines is 2. The Morgan fingerprint density at radius 3 is 2.93 bits per heavy atom. The van der Waals surface area contributed by atoms with Crippen molar-refractivity contribution in [3.05, 3.63) is 5.69 Å². The van der Waals surface area contributed by atoms with Crippen LogP contribution in [-0.4, -0.2) is 21.7 Å². The summed E-state index contributed by atoms with van der Waals surface area (Å²) in [6.07, 6.45) is 1.91. The fraction of sp³-hybridized carbons (Fsp3) is 0.600. The van der Waals surface area contributed by atoms with Crippen LogP contribution >= 0.6 is 0 Å². The lowest BCUT2D eigenvalue weighted by Gasteiger charge is -2.22. The molecule has 5 nitrogen and oxygen atoms in total. The molecule has 1 unspecified atom stereocenters. The van der Waals surface area contributed by atoms with Crippen molar-refractivity contribution < 1.29 is 4.79 Å². The van der Waals surface area contributed by atoms with Gasteiger partial charge in [0.1, 0.15) is 17.5 Å². The predicted octanol–water partition coefficient (Wildman–Crippen LogP) is 1.13. The minimum absolute atomic E-state index is 0.00727. The Morgan fingerprint density at radius 1 is 1.53 bits per heavy atom. The lowest BCUT2D eigenvalue weighted by Crippen LogP contribution is -2.36. The Balaban J connectivity index is 2.40. The van der Waals surface area contributed by atoms with Gasteiger partial charge in [0.25, 0.3) is 0 Å². The molecule has 0 aliphatic carbocycles. The zero-order chi connectivity index (χ0) is 11.0.